The van der Waals surface area contributed by atoms with E-state index in [2.05, 4.69) is 10.6 Å². The number of carbonyl (C=O) groups is 1. The number of rotatable bonds is 0. The minimum absolute atomic E-state index is 0. The molecule has 0 aromatic carbocycles. The molecular weight excluding hydrogens is 223 g/mol. The van der Waals surface area contributed by atoms with Crippen LogP contribution >= 0.6 is 24.8 Å². The summed E-state index contributed by atoms with van der Waals surface area (Å²) in [7, 11) is 0. The van der Waals surface area contributed by atoms with Gasteiger partial charge < -0.3 is 10.6 Å². The van der Waals surface area contributed by atoms with Crippen molar-refractivity contribution in [2.45, 2.75) is 13.8 Å². The number of hydrogen-bond acceptors (Lipinski definition) is 3. The lowest BCUT2D eigenvalue weighted by Gasteiger charge is -2.48. The maximum absolute atomic E-state index is 12.0. The topological polar surface area (TPSA) is 41.1 Å². The van der Waals surface area contributed by atoms with Crippen molar-refractivity contribution in [3.05, 3.63) is 0 Å². The van der Waals surface area contributed by atoms with Gasteiger partial charge in [0, 0.05) is 26.2 Å². The van der Waals surface area contributed by atoms with Crippen LogP contribution in [-0.4, -0.2) is 32.0 Å². The van der Waals surface area contributed by atoms with Gasteiger partial charge in [0.1, 0.15) is 5.78 Å². The van der Waals surface area contributed by atoms with Crippen LogP contribution in [0.25, 0.3) is 0 Å². The first-order chi connectivity index (χ1) is 5.57. The first-order valence-corrected chi connectivity index (χ1v) is 4.53. The molecule has 2 saturated heterocycles. The molecule has 2 aliphatic rings. The van der Waals surface area contributed by atoms with Crippen LogP contribution in [0.15, 0.2) is 0 Å². The molecule has 5 heteroatoms. The van der Waals surface area contributed by atoms with Crippen LogP contribution in [-0.2, 0) is 4.79 Å². The predicted octanol–water partition coefficient (Wildman–Crippen LogP) is 0.618. The summed E-state index contributed by atoms with van der Waals surface area (Å²) < 4.78 is 0. The van der Waals surface area contributed by atoms with E-state index in [0.29, 0.717) is 5.78 Å². The van der Waals surface area contributed by atoms with Crippen molar-refractivity contribution in [1.82, 2.24) is 10.6 Å². The second-order valence-electron chi connectivity index (χ2n) is 4.66. The van der Waals surface area contributed by atoms with E-state index in [4.69, 9.17) is 0 Å². The molecule has 0 radical (unpaired) electrons. The summed E-state index contributed by atoms with van der Waals surface area (Å²) in [6, 6.07) is 0. The van der Waals surface area contributed by atoms with E-state index < -0.39 is 0 Å². The molecule has 0 aromatic heterocycles. The summed E-state index contributed by atoms with van der Waals surface area (Å²) >= 11 is 0. The zero-order chi connectivity index (χ0) is 8.82. The maximum atomic E-state index is 12.0. The number of Topliss-reactive ketones (excluding diaryl/α,β-unsaturated/α-hetero) is 1. The molecule has 2 rings (SSSR count). The van der Waals surface area contributed by atoms with Gasteiger partial charge in [-0.3, -0.25) is 4.79 Å². The normalized spacial score (nSPS) is 40.9. The largest absolute Gasteiger partial charge is 0.315 e. The van der Waals surface area contributed by atoms with Crippen LogP contribution < -0.4 is 10.6 Å². The molecule has 0 aliphatic carbocycles. The zero-order valence-electron chi connectivity index (χ0n) is 8.55. The van der Waals surface area contributed by atoms with Crippen molar-refractivity contribution in [3.8, 4) is 0 Å². The highest BCUT2D eigenvalue weighted by Gasteiger charge is 2.50. The molecule has 2 heterocycles. The van der Waals surface area contributed by atoms with Crippen molar-refractivity contribution in [1.29, 1.82) is 0 Å². The highest BCUT2D eigenvalue weighted by Crippen LogP contribution is 2.35. The van der Waals surface area contributed by atoms with Crippen LogP contribution in [0.4, 0.5) is 0 Å². The van der Waals surface area contributed by atoms with Gasteiger partial charge in [0.05, 0.1) is 10.8 Å². The Hall–Kier alpha value is 0.170. The predicted molar refractivity (Wildman–Crippen MR) is 61.5 cm³/mol. The van der Waals surface area contributed by atoms with Gasteiger partial charge in [0.25, 0.3) is 0 Å². The molecule has 3 nitrogen and oxygen atoms in total. The third kappa shape index (κ3) is 1.91. The highest BCUT2D eigenvalue weighted by atomic mass is 35.5. The van der Waals surface area contributed by atoms with Crippen molar-refractivity contribution in [3.63, 3.8) is 0 Å². The molecule has 0 aromatic rings. The molecule has 0 atom stereocenters. The monoisotopic (exact) mass is 240 g/mol. The number of halogens is 2. The maximum Gasteiger partial charge on any atom is 0.149 e. The lowest BCUT2D eigenvalue weighted by atomic mass is 9.66. The van der Waals surface area contributed by atoms with Crippen LogP contribution in [0.3, 0.4) is 0 Å². The second-order valence-corrected chi connectivity index (χ2v) is 4.66. The highest BCUT2D eigenvalue weighted by molar-refractivity contribution is 5.92. The van der Waals surface area contributed by atoms with Crippen LogP contribution in [0.2, 0.25) is 0 Å². The fourth-order valence-electron chi connectivity index (χ4n) is 2.40. The molecule has 0 saturated carbocycles. The van der Waals surface area contributed by atoms with E-state index in [-0.39, 0.29) is 35.6 Å². The van der Waals surface area contributed by atoms with E-state index in [0.717, 1.165) is 26.2 Å². The molecule has 2 bridgehead atoms. The van der Waals surface area contributed by atoms with Gasteiger partial charge >= 0.3 is 0 Å². The third-order valence-corrected chi connectivity index (χ3v) is 3.16. The quantitative estimate of drug-likeness (QED) is 0.653. The lowest BCUT2D eigenvalue weighted by Crippen LogP contribution is -2.66. The lowest BCUT2D eigenvalue weighted by molar-refractivity contribution is -0.143. The number of fused-ring (bicyclic) bond motifs is 2. The molecule has 14 heavy (non-hydrogen) atoms. The average Bonchev–Trinajstić information content (AvgIpc) is 1.97. The first kappa shape index (κ1) is 14.2. The molecule has 2 N–H and O–H groups in total. The van der Waals surface area contributed by atoms with Gasteiger partial charge in [-0.25, -0.2) is 0 Å². The van der Waals surface area contributed by atoms with E-state index in [1.807, 2.05) is 13.8 Å². The summed E-state index contributed by atoms with van der Waals surface area (Å²) in [4.78, 5) is 12.0. The second kappa shape index (κ2) is 4.35. The zero-order valence-corrected chi connectivity index (χ0v) is 10.2. The van der Waals surface area contributed by atoms with E-state index in [9.17, 15) is 4.79 Å². The third-order valence-electron chi connectivity index (χ3n) is 3.16. The Morgan fingerprint density at radius 2 is 1.21 bits per heavy atom. The van der Waals surface area contributed by atoms with E-state index in [1.54, 1.807) is 0 Å². The van der Waals surface area contributed by atoms with Gasteiger partial charge in [0.15, 0.2) is 0 Å². The summed E-state index contributed by atoms with van der Waals surface area (Å²) in [6.45, 7) is 7.41. The minimum Gasteiger partial charge on any atom is -0.315 e. The van der Waals surface area contributed by atoms with Crippen molar-refractivity contribution >= 4 is 30.6 Å². The average molecular weight is 241 g/mol. The van der Waals surface area contributed by atoms with Crippen LogP contribution in [0.5, 0.6) is 0 Å². The molecule has 84 valence electrons. The Morgan fingerprint density at radius 1 is 0.929 bits per heavy atom. The fraction of sp³-hybridized carbons (Fsp3) is 0.889. The SMILES string of the molecule is CC12CNCC(C)(CNC1)C2=O.Cl.Cl. The summed E-state index contributed by atoms with van der Waals surface area (Å²) in [5.74, 6) is 0.438. The summed E-state index contributed by atoms with van der Waals surface area (Å²) in [6.07, 6.45) is 0. The minimum atomic E-state index is -0.161. The Bertz CT molecular complexity index is 203. The van der Waals surface area contributed by atoms with Crippen molar-refractivity contribution in [2.75, 3.05) is 26.2 Å². The Kier molecular flexibility index (Phi) is 4.41. The Balaban J connectivity index is 0.000000845. The molecule has 0 amide bonds. The molecule has 0 unspecified atom stereocenters. The van der Waals surface area contributed by atoms with Gasteiger partial charge in [-0.1, -0.05) is 13.8 Å². The van der Waals surface area contributed by atoms with Crippen molar-refractivity contribution in [2.24, 2.45) is 10.8 Å². The van der Waals surface area contributed by atoms with Gasteiger partial charge in [0.2, 0.25) is 0 Å². The van der Waals surface area contributed by atoms with Gasteiger partial charge in [-0.2, -0.15) is 0 Å². The number of ketones is 1. The molecule has 0 spiro atoms. The smallest absolute Gasteiger partial charge is 0.149 e. The Labute approximate surface area is 97.2 Å². The van der Waals surface area contributed by atoms with Crippen LogP contribution in [0, 0.1) is 10.8 Å². The summed E-state index contributed by atoms with van der Waals surface area (Å²) in [5, 5.41) is 6.67. The molecule has 2 fully saturated rings. The Morgan fingerprint density at radius 3 is 1.43 bits per heavy atom. The molecular formula is C9H18Cl2N2O. The van der Waals surface area contributed by atoms with Gasteiger partial charge in [-0.05, 0) is 0 Å². The van der Waals surface area contributed by atoms with E-state index >= 15 is 0 Å². The first-order valence-electron chi connectivity index (χ1n) is 4.53. The molecule has 2 aliphatic heterocycles. The number of piperidine rings is 2. The van der Waals surface area contributed by atoms with Crippen LogP contribution in [0.1, 0.15) is 13.8 Å². The summed E-state index contributed by atoms with van der Waals surface area (Å²) in [5.41, 5.74) is -0.323. The van der Waals surface area contributed by atoms with E-state index in [1.165, 1.54) is 0 Å². The van der Waals surface area contributed by atoms with Gasteiger partial charge in [-0.15, -0.1) is 24.8 Å². The number of hydrogen-bond donors (Lipinski definition) is 2. The fourth-order valence-corrected chi connectivity index (χ4v) is 2.40. The van der Waals surface area contributed by atoms with Crippen molar-refractivity contribution < 1.29 is 4.79 Å². The number of nitrogens with one attached hydrogen (secondary N) is 2. The standard InChI is InChI=1S/C9H16N2O.2ClH/c1-8-3-10-5-9(2,7(8)12)6-11-4-8;;/h10-11H,3-6H2,1-2H3;2*1H. The number of carbonyl (C=O) groups excluding carboxylic acids is 1.